The zero-order valence-corrected chi connectivity index (χ0v) is 15.4. The second-order valence-corrected chi connectivity index (χ2v) is 7.04. The molecular weight excluding hydrogens is 332 g/mol. The highest BCUT2D eigenvalue weighted by atomic mass is 32.2. The molecule has 1 aromatic carbocycles. The molecule has 3 rings (SSSR count). The fourth-order valence-corrected chi connectivity index (χ4v) is 3.46. The quantitative estimate of drug-likeness (QED) is 0.839. The van der Waals surface area contributed by atoms with Crippen LogP contribution in [0.25, 0.3) is 6.08 Å². The second kappa shape index (κ2) is 6.61. The van der Waals surface area contributed by atoms with Crippen LogP contribution < -0.4 is 5.32 Å². The van der Waals surface area contributed by atoms with Crippen LogP contribution in [-0.2, 0) is 11.8 Å². The van der Waals surface area contributed by atoms with Crippen molar-refractivity contribution in [3.8, 4) is 6.07 Å². The van der Waals surface area contributed by atoms with Gasteiger partial charge in [0.25, 0.3) is 5.91 Å². The van der Waals surface area contributed by atoms with Crippen LogP contribution in [0.4, 0.5) is 5.69 Å². The summed E-state index contributed by atoms with van der Waals surface area (Å²) in [5.74, 6) is -0.171. The monoisotopic (exact) mass is 350 g/mol. The van der Waals surface area contributed by atoms with Crippen molar-refractivity contribution in [2.24, 2.45) is 12.0 Å². The van der Waals surface area contributed by atoms with Gasteiger partial charge in [-0.3, -0.25) is 4.79 Å². The lowest BCUT2D eigenvalue weighted by Gasteiger charge is -2.02. The van der Waals surface area contributed by atoms with Gasteiger partial charge in [0, 0.05) is 12.7 Å². The molecule has 25 heavy (non-hydrogen) atoms. The SMILES string of the molecule is Cc1ccc(N=C2NC(=O)/C(=C\c3cc(C#N)n(C)c3C)S2)c(C)c1. The van der Waals surface area contributed by atoms with E-state index in [1.807, 2.05) is 44.5 Å². The Kier molecular flexibility index (Phi) is 4.51. The van der Waals surface area contributed by atoms with Crippen molar-refractivity contribution in [2.45, 2.75) is 20.8 Å². The third-order valence-corrected chi connectivity index (χ3v) is 5.11. The molecule has 0 saturated carbocycles. The summed E-state index contributed by atoms with van der Waals surface area (Å²) in [5, 5.41) is 12.5. The van der Waals surface area contributed by atoms with E-state index in [0.717, 1.165) is 22.5 Å². The van der Waals surface area contributed by atoms with E-state index in [0.29, 0.717) is 15.8 Å². The van der Waals surface area contributed by atoms with E-state index in [-0.39, 0.29) is 5.91 Å². The van der Waals surface area contributed by atoms with Crippen molar-refractivity contribution >= 4 is 34.6 Å². The molecule has 0 atom stereocenters. The van der Waals surface area contributed by atoms with Gasteiger partial charge in [-0.25, -0.2) is 4.99 Å². The Hall–Kier alpha value is -2.78. The van der Waals surface area contributed by atoms with Gasteiger partial charge >= 0.3 is 0 Å². The number of hydrogen-bond donors (Lipinski definition) is 1. The summed E-state index contributed by atoms with van der Waals surface area (Å²) in [5.41, 5.74) is 5.46. The van der Waals surface area contributed by atoms with Crippen LogP contribution in [0, 0.1) is 32.1 Å². The van der Waals surface area contributed by atoms with E-state index >= 15 is 0 Å². The molecule has 126 valence electrons. The number of rotatable bonds is 2. The van der Waals surface area contributed by atoms with E-state index in [1.54, 1.807) is 12.1 Å². The van der Waals surface area contributed by atoms with Gasteiger partial charge in [0.1, 0.15) is 11.8 Å². The van der Waals surface area contributed by atoms with Crippen LogP contribution in [0.5, 0.6) is 0 Å². The molecule has 0 radical (unpaired) electrons. The number of thioether (sulfide) groups is 1. The lowest BCUT2D eigenvalue weighted by atomic mass is 10.1. The number of amides is 1. The number of benzene rings is 1. The summed E-state index contributed by atoms with van der Waals surface area (Å²) in [6.07, 6.45) is 1.81. The minimum atomic E-state index is -0.171. The van der Waals surface area contributed by atoms with Crippen LogP contribution in [0.1, 0.15) is 28.1 Å². The highest BCUT2D eigenvalue weighted by molar-refractivity contribution is 8.18. The van der Waals surface area contributed by atoms with Gasteiger partial charge in [0.05, 0.1) is 10.6 Å². The minimum Gasteiger partial charge on any atom is -0.339 e. The van der Waals surface area contributed by atoms with Crippen molar-refractivity contribution in [1.29, 1.82) is 5.26 Å². The number of nitriles is 1. The maximum atomic E-state index is 12.2. The fraction of sp³-hybridized carbons (Fsp3) is 0.211. The topological polar surface area (TPSA) is 70.2 Å². The smallest absolute Gasteiger partial charge is 0.264 e. The maximum absolute atomic E-state index is 12.2. The Morgan fingerprint density at radius 2 is 2.04 bits per heavy atom. The lowest BCUT2D eigenvalue weighted by Crippen LogP contribution is -2.19. The summed E-state index contributed by atoms with van der Waals surface area (Å²) in [7, 11) is 1.84. The Morgan fingerprint density at radius 1 is 1.28 bits per heavy atom. The molecule has 0 aliphatic carbocycles. The highest BCUT2D eigenvalue weighted by Crippen LogP contribution is 2.30. The number of carbonyl (C=O) groups is 1. The summed E-state index contributed by atoms with van der Waals surface area (Å²) in [4.78, 5) is 17.4. The van der Waals surface area contributed by atoms with E-state index in [4.69, 9.17) is 5.26 Å². The van der Waals surface area contributed by atoms with Crippen LogP contribution >= 0.6 is 11.8 Å². The maximum Gasteiger partial charge on any atom is 0.264 e. The molecule has 1 aliphatic rings. The molecule has 2 heterocycles. The first kappa shape index (κ1) is 17.1. The number of aromatic nitrogens is 1. The number of aryl methyl sites for hydroxylation is 2. The van der Waals surface area contributed by atoms with Gasteiger partial charge < -0.3 is 9.88 Å². The Labute approximate surface area is 151 Å². The van der Waals surface area contributed by atoms with Crippen molar-refractivity contribution in [1.82, 2.24) is 9.88 Å². The van der Waals surface area contributed by atoms with Gasteiger partial charge in [-0.1, -0.05) is 17.7 Å². The van der Waals surface area contributed by atoms with Crippen LogP contribution in [0.15, 0.2) is 34.2 Å². The van der Waals surface area contributed by atoms with Crippen molar-refractivity contribution in [3.05, 3.63) is 57.2 Å². The van der Waals surface area contributed by atoms with E-state index < -0.39 is 0 Å². The number of hydrogen-bond acceptors (Lipinski definition) is 4. The fourth-order valence-electron chi connectivity index (χ4n) is 2.64. The first-order valence-electron chi connectivity index (χ1n) is 7.82. The lowest BCUT2D eigenvalue weighted by molar-refractivity contribution is -0.115. The first-order valence-corrected chi connectivity index (χ1v) is 8.64. The molecular formula is C19H18N4OS. The van der Waals surface area contributed by atoms with Crippen LogP contribution in [-0.4, -0.2) is 15.6 Å². The molecule has 1 N–H and O–H groups in total. The molecule has 6 heteroatoms. The Bertz CT molecular complexity index is 976. The highest BCUT2D eigenvalue weighted by Gasteiger charge is 2.24. The molecule has 5 nitrogen and oxygen atoms in total. The molecule has 1 amide bonds. The molecule has 1 fully saturated rings. The predicted octanol–water partition coefficient (Wildman–Crippen LogP) is 3.71. The predicted molar refractivity (Wildman–Crippen MR) is 102 cm³/mol. The van der Waals surface area contributed by atoms with Gasteiger partial charge in [0.15, 0.2) is 5.17 Å². The number of nitrogens with one attached hydrogen (secondary N) is 1. The van der Waals surface area contributed by atoms with Gasteiger partial charge in [-0.2, -0.15) is 5.26 Å². The molecule has 2 aromatic rings. The van der Waals surface area contributed by atoms with Crippen molar-refractivity contribution in [2.75, 3.05) is 0 Å². The van der Waals surface area contributed by atoms with E-state index in [2.05, 4.69) is 22.4 Å². The minimum absolute atomic E-state index is 0.171. The third-order valence-electron chi connectivity index (χ3n) is 4.20. The summed E-state index contributed by atoms with van der Waals surface area (Å²) in [6, 6.07) is 9.95. The summed E-state index contributed by atoms with van der Waals surface area (Å²) >= 11 is 1.31. The second-order valence-electron chi connectivity index (χ2n) is 6.01. The molecule has 1 aromatic heterocycles. The zero-order valence-electron chi connectivity index (χ0n) is 14.5. The zero-order chi connectivity index (χ0) is 18.1. The van der Waals surface area contributed by atoms with Gasteiger partial charge in [-0.05, 0) is 61.9 Å². The average molecular weight is 350 g/mol. The number of aliphatic imine (C=N–C) groups is 1. The average Bonchev–Trinajstić information content (AvgIpc) is 3.04. The molecule has 0 bridgehead atoms. The molecule has 1 saturated heterocycles. The standard InChI is InChI=1S/C19H18N4OS/c1-11-5-6-16(12(2)7-11)21-19-22-18(24)17(25-19)9-14-8-15(10-20)23(4)13(14)3/h5-9H,1-4H3,(H,21,22,24)/b17-9+. The summed E-state index contributed by atoms with van der Waals surface area (Å²) in [6.45, 7) is 5.96. The molecule has 0 unspecified atom stereocenters. The van der Waals surface area contributed by atoms with Crippen molar-refractivity contribution in [3.63, 3.8) is 0 Å². The number of amidine groups is 1. The third kappa shape index (κ3) is 3.37. The van der Waals surface area contributed by atoms with Gasteiger partial charge in [-0.15, -0.1) is 0 Å². The van der Waals surface area contributed by atoms with Crippen molar-refractivity contribution < 1.29 is 4.79 Å². The van der Waals surface area contributed by atoms with Crippen LogP contribution in [0.2, 0.25) is 0 Å². The number of nitrogens with zero attached hydrogens (tertiary/aromatic N) is 3. The van der Waals surface area contributed by atoms with E-state index in [9.17, 15) is 4.79 Å². The molecule has 0 spiro atoms. The summed E-state index contributed by atoms with van der Waals surface area (Å²) < 4.78 is 1.81. The largest absolute Gasteiger partial charge is 0.339 e. The van der Waals surface area contributed by atoms with Gasteiger partial charge in [0.2, 0.25) is 0 Å². The normalized spacial score (nSPS) is 17.2. The first-order chi connectivity index (χ1) is 11.9. The Balaban J connectivity index is 1.90. The van der Waals surface area contributed by atoms with E-state index in [1.165, 1.54) is 17.3 Å². The molecule has 1 aliphatic heterocycles. The Morgan fingerprint density at radius 3 is 2.68 bits per heavy atom. The van der Waals surface area contributed by atoms with Crippen LogP contribution in [0.3, 0.4) is 0 Å². The number of carbonyl (C=O) groups excluding carboxylic acids is 1.